The fraction of sp³-hybridized carbons (Fsp3) is 0.556. The molecule has 0 aromatic carbocycles. The number of rotatable bonds is 2. The molecular weight excluding hydrogens is 198 g/mol. The van der Waals surface area contributed by atoms with Crippen LogP contribution in [0.1, 0.15) is 15.6 Å². The molecule has 2 N–H and O–H groups in total. The minimum atomic E-state index is -0.264. The Kier molecular flexibility index (Phi) is 2.52. The second kappa shape index (κ2) is 3.67. The number of thiazole rings is 1. The third-order valence-electron chi connectivity index (χ3n) is 2.29. The number of nitrogens with zero attached hydrogens (tertiary/aromatic N) is 2. The first kappa shape index (κ1) is 9.61. The summed E-state index contributed by atoms with van der Waals surface area (Å²) >= 11 is 1.76. The van der Waals surface area contributed by atoms with Crippen LogP contribution in [-0.4, -0.2) is 28.9 Å². The van der Waals surface area contributed by atoms with Crippen LogP contribution in [0.25, 0.3) is 0 Å². The summed E-state index contributed by atoms with van der Waals surface area (Å²) in [7, 11) is 0. The van der Waals surface area contributed by atoms with E-state index in [0.29, 0.717) is 6.54 Å². The topological polar surface area (TPSA) is 59.2 Å². The Balaban J connectivity index is 2.09. The number of aryl methyl sites for hydroxylation is 1. The molecule has 0 saturated heterocycles. The van der Waals surface area contributed by atoms with E-state index in [1.54, 1.807) is 11.3 Å². The van der Waals surface area contributed by atoms with E-state index in [1.807, 2.05) is 11.8 Å². The molecule has 14 heavy (non-hydrogen) atoms. The number of hydrogen-bond donors (Lipinski definition) is 1. The SMILES string of the molecule is Cc1nc2c(s1)CCN(CC(N)=O)C2. The monoisotopic (exact) mass is 211 g/mol. The molecular formula is C9H13N3OS. The van der Waals surface area contributed by atoms with Crippen LogP contribution in [0.15, 0.2) is 0 Å². The molecule has 0 atom stereocenters. The largest absolute Gasteiger partial charge is 0.369 e. The lowest BCUT2D eigenvalue weighted by molar-refractivity contribution is -0.119. The summed E-state index contributed by atoms with van der Waals surface area (Å²) in [6.07, 6.45) is 0.994. The first-order valence-corrected chi connectivity index (χ1v) is 5.42. The fourth-order valence-electron chi connectivity index (χ4n) is 1.74. The van der Waals surface area contributed by atoms with Gasteiger partial charge in [0, 0.05) is 18.0 Å². The fourth-order valence-corrected chi connectivity index (χ4v) is 2.67. The van der Waals surface area contributed by atoms with Gasteiger partial charge in [0.15, 0.2) is 0 Å². The smallest absolute Gasteiger partial charge is 0.231 e. The quantitative estimate of drug-likeness (QED) is 0.765. The van der Waals surface area contributed by atoms with Crippen LogP contribution in [0.4, 0.5) is 0 Å². The van der Waals surface area contributed by atoms with Crippen molar-refractivity contribution < 1.29 is 4.79 Å². The molecule has 1 aliphatic rings. The van der Waals surface area contributed by atoms with E-state index in [4.69, 9.17) is 5.73 Å². The van der Waals surface area contributed by atoms with Crippen LogP contribution in [0.3, 0.4) is 0 Å². The number of nitrogens with two attached hydrogens (primary N) is 1. The van der Waals surface area contributed by atoms with Gasteiger partial charge in [-0.05, 0) is 13.3 Å². The second-order valence-electron chi connectivity index (χ2n) is 3.53. The molecule has 0 spiro atoms. The summed E-state index contributed by atoms with van der Waals surface area (Å²) in [6.45, 7) is 4.04. The van der Waals surface area contributed by atoms with E-state index in [9.17, 15) is 4.79 Å². The Morgan fingerprint density at radius 3 is 3.21 bits per heavy atom. The van der Waals surface area contributed by atoms with Crippen molar-refractivity contribution in [1.29, 1.82) is 0 Å². The minimum Gasteiger partial charge on any atom is -0.369 e. The molecule has 0 fully saturated rings. The predicted molar refractivity (Wildman–Crippen MR) is 55.0 cm³/mol. The van der Waals surface area contributed by atoms with Gasteiger partial charge in [-0.15, -0.1) is 11.3 Å². The van der Waals surface area contributed by atoms with Gasteiger partial charge >= 0.3 is 0 Å². The molecule has 2 heterocycles. The highest BCUT2D eigenvalue weighted by atomic mass is 32.1. The van der Waals surface area contributed by atoms with E-state index in [-0.39, 0.29) is 5.91 Å². The summed E-state index contributed by atoms with van der Waals surface area (Å²) in [5.41, 5.74) is 6.28. The van der Waals surface area contributed by atoms with Crippen molar-refractivity contribution in [3.63, 3.8) is 0 Å². The Morgan fingerprint density at radius 2 is 2.50 bits per heavy atom. The van der Waals surface area contributed by atoms with E-state index in [2.05, 4.69) is 4.98 Å². The van der Waals surface area contributed by atoms with Gasteiger partial charge in [-0.3, -0.25) is 9.69 Å². The van der Waals surface area contributed by atoms with Crippen molar-refractivity contribution in [1.82, 2.24) is 9.88 Å². The molecule has 0 radical (unpaired) electrons. The number of carbonyl (C=O) groups is 1. The van der Waals surface area contributed by atoms with Crippen molar-refractivity contribution in [3.8, 4) is 0 Å². The number of carbonyl (C=O) groups excluding carboxylic acids is 1. The van der Waals surface area contributed by atoms with Crippen molar-refractivity contribution in [2.24, 2.45) is 5.73 Å². The van der Waals surface area contributed by atoms with Crippen LogP contribution >= 0.6 is 11.3 Å². The molecule has 76 valence electrons. The van der Waals surface area contributed by atoms with Crippen LogP contribution in [0, 0.1) is 6.92 Å². The Bertz CT molecular complexity index is 361. The lowest BCUT2D eigenvalue weighted by Crippen LogP contribution is -2.37. The van der Waals surface area contributed by atoms with E-state index < -0.39 is 0 Å². The molecule has 0 bridgehead atoms. The summed E-state index contributed by atoms with van der Waals surface area (Å²) in [6, 6.07) is 0. The zero-order chi connectivity index (χ0) is 10.1. The average molecular weight is 211 g/mol. The van der Waals surface area contributed by atoms with Gasteiger partial charge in [0.25, 0.3) is 0 Å². The summed E-state index contributed by atoms with van der Waals surface area (Å²) in [5, 5.41) is 1.11. The number of fused-ring (bicyclic) bond motifs is 1. The Labute approximate surface area is 86.7 Å². The Hall–Kier alpha value is -0.940. The van der Waals surface area contributed by atoms with Gasteiger partial charge in [-0.2, -0.15) is 0 Å². The number of amides is 1. The van der Waals surface area contributed by atoms with Gasteiger partial charge in [-0.1, -0.05) is 0 Å². The number of hydrogen-bond acceptors (Lipinski definition) is 4. The molecule has 0 aliphatic carbocycles. The van der Waals surface area contributed by atoms with E-state index in [0.717, 1.165) is 30.2 Å². The van der Waals surface area contributed by atoms with Crippen molar-refractivity contribution in [3.05, 3.63) is 15.6 Å². The summed E-state index contributed by atoms with van der Waals surface area (Å²) in [5.74, 6) is -0.264. The zero-order valence-electron chi connectivity index (χ0n) is 8.12. The van der Waals surface area contributed by atoms with Crippen LogP contribution < -0.4 is 5.73 Å². The highest BCUT2D eigenvalue weighted by molar-refractivity contribution is 7.11. The third-order valence-corrected chi connectivity index (χ3v) is 3.37. The number of aromatic nitrogens is 1. The first-order valence-electron chi connectivity index (χ1n) is 4.61. The molecule has 1 amide bonds. The normalized spacial score (nSPS) is 16.6. The van der Waals surface area contributed by atoms with Crippen molar-refractivity contribution in [2.45, 2.75) is 19.9 Å². The second-order valence-corrected chi connectivity index (χ2v) is 4.82. The van der Waals surface area contributed by atoms with Crippen molar-refractivity contribution in [2.75, 3.05) is 13.1 Å². The minimum absolute atomic E-state index is 0.264. The molecule has 4 nitrogen and oxygen atoms in total. The summed E-state index contributed by atoms with van der Waals surface area (Å²) < 4.78 is 0. The molecule has 5 heteroatoms. The molecule has 1 aliphatic heterocycles. The predicted octanol–water partition coefficient (Wildman–Crippen LogP) is 0.295. The van der Waals surface area contributed by atoms with Gasteiger partial charge in [0.1, 0.15) is 0 Å². The van der Waals surface area contributed by atoms with Crippen LogP contribution in [0.5, 0.6) is 0 Å². The Morgan fingerprint density at radius 1 is 1.71 bits per heavy atom. The maximum absolute atomic E-state index is 10.7. The lowest BCUT2D eigenvalue weighted by Gasteiger charge is -2.24. The maximum atomic E-state index is 10.7. The molecule has 0 saturated carbocycles. The van der Waals surface area contributed by atoms with Gasteiger partial charge in [0.05, 0.1) is 17.2 Å². The van der Waals surface area contributed by atoms with Gasteiger partial charge in [0.2, 0.25) is 5.91 Å². The number of primary amides is 1. The molecule has 1 aromatic heterocycles. The molecule has 2 rings (SSSR count). The summed E-state index contributed by atoms with van der Waals surface area (Å²) in [4.78, 5) is 18.6. The van der Waals surface area contributed by atoms with Crippen LogP contribution in [-0.2, 0) is 17.8 Å². The highest BCUT2D eigenvalue weighted by Crippen LogP contribution is 2.23. The van der Waals surface area contributed by atoms with Crippen molar-refractivity contribution >= 4 is 17.2 Å². The lowest BCUT2D eigenvalue weighted by atomic mass is 10.2. The van der Waals surface area contributed by atoms with Gasteiger partial charge in [-0.25, -0.2) is 4.98 Å². The van der Waals surface area contributed by atoms with Crippen LogP contribution in [0.2, 0.25) is 0 Å². The standard InChI is InChI=1S/C9H13N3OS/c1-6-11-7-4-12(5-9(10)13)3-2-8(7)14-6/h2-5H2,1H3,(H2,10,13). The maximum Gasteiger partial charge on any atom is 0.231 e. The highest BCUT2D eigenvalue weighted by Gasteiger charge is 2.20. The van der Waals surface area contributed by atoms with E-state index >= 15 is 0 Å². The zero-order valence-corrected chi connectivity index (χ0v) is 8.93. The molecule has 1 aromatic rings. The average Bonchev–Trinajstić information content (AvgIpc) is 2.42. The van der Waals surface area contributed by atoms with E-state index in [1.165, 1.54) is 4.88 Å². The first-order chi connectivity index (χ1) is 6.65. The molecule has 0 unspecified atom stereocenters. The van der Waals surface area contributed by atoms with Gasteiger partial charge < -0.3 is 5.73 Å². The third kappa shape index (κ3) is 1.93.